The molecule has 0 radical (unpaired) electrons. The molecule has 0 fully saturated rings. The number of carbonyl (C=O) groups is 1. The largest absolute Gasteiger partial charge is 0.352 e. The Hall–Kier alpha value is -1.81. The summed E-state index contributed by atoms with van der Waals surface area (Å²) in [5.41, 5.74) is 0.515. The monoisotopic (exact) mass is 291 g/mol. The molecule has 2 N–H and O–H groups in total. The normalized spacial score (nSPS) is 11.3. The molecule has 4 nitrogen and oxygen atoms in total. The van der Waals surface area contributed by atoms with Gasteiger partial charge < -0.3 is 10.3 Å². The van der Waals surface area contributed by atoms with Crippen LogP contribution in [0.5, 0.6) is 0 Å². The lowest BCUT2D eigenvalue weighted by molar-refractivity contribution is -0.129. The standard InChI is InChI=1S/C15H18ClN3O/c1-15(2,9-13-17-7-8-18-13)14(20)19-10-11-3-5-12(16)6-4-11/h3-8H,9-10H2,1-2H3,(H,17,18)(H,19,20). The number of rotatable bonds is 5. The van der Waals surface area contributed by atoms with Gasteiger partial charge in [-0.2, -0.15) is 0 Å². The lowest BCUT2D eigenvalue weighted by Gasteiger charge is -2.22. The van der Waals surface area contributed by atoms with Crippen molar-refractivity contribution in [2.45, 2.75) is 26.8 Å². The molecule has 0 spiro atoms. The molecule has 106 valence electrons. The minimum absolute atomic E-state index is 0.00356. The summed E-state index contributed by atoms with van der Waals surface area (Å²) in [6.45, 7) is 4.32. The van der Waals surface area contributed by atoms with Crippen molar-refractivity contribution >= 4 is 17.5 Å². The number of benzene rings is 1. The zero-order chi connectivity index (χ0) is 14.6. The number of aromatic nitrogens is 2. The van der Waals surface area contributed by atoms with Crippen LogP contribution < -0.4 is 5.32 Å². The van der Waals surface area contributed by atoms with E-state index in [1.165, 1.54) is 0 Å². The summed E-state index contributed by atoms with van der Waals surface area (Å²) in [7, 11) is 0. The van der Waals surface area contributed by atoms with Gasteiger partial charge in [-0.15, -0.1) is 0 Å². The van der Waals surface area contributed by atoms with Gasteiger partial charge in [0.2, 0.25) is 5.91 Å². The van der Waals surface area contributed by atoms with Crippen molar-refractivity contribution < 1.29 is 4.79 Å². The van der Waals surface area contributed by atoms with Crippen molar-refractivity contribution in [2.75, 3.05) is 0 Å². The van der Waals surface area contributed by atoms with Gasteiger partial charge in [-0.3, -0.25) is 4.79 Å². The molecular weight excluding hydrogens is 274 g/mol. The number of aromatic amines is 1. The Morgan fingerprint density at radius 1 is 1.35 bits per heavy atom. The molecule has 0 atom stereocenters. The third-order valence-electron chi connectivity index (χ3n) is 3.15. The van der Waals surface area contributed by atoms with Gasteiger partial charge in [0.15, 0.2) is 0 Å². The average Bonchev–Trinajstić information content (AvgIpc) is 2.89. The Balaban J connectivity index is 1.91. The van der Waals surface area contributed by atoms with Crippen molar-refractivity contribution in [3.63, 3.8) is 0 Å². The number of amides is 1. The van der Waals surface area contributed by atoms with E-state index in [0.717, 1.165) is 11.4 Å². The summed E-state index contributed by atoms with van der Waals surface area (Å²) in [6.07, 6.45) is 4.03. The highest BCUT2D eigenvalue weighted by atomic mass is 35.5. The quantitative estimate of drug-likeness (QED) is 0.890. The van der Waals surface area contributed by atoms with E-state index in [-0.39, 0.29) is 5.91 Å². The van der Waals surface area contributed by atoms with Crippen LogP contribution in [0, 0.1) is 5.41 Å². The van der Waals surface area contributed by atoms with Crippen molar-refractivity contribution in [3.05, 3.63) is 53.1 Å². The van der Waals surface area contributed by atoms with Gasteiger partial charge in [-0.25, -0.2) is 4.98 Å². The van der Waals surface area contributed by atoms with E-state index in [2.05, 4.69) is 15.3 Å². The van der Waals surface area contributed by atoms with Crippen LogP contribution >= 0.6 is 11.6 Å². The lowest BCUT2D eigenvalue weighted by atomic mass is 9.88. The van der Waals surface area contributed by atoms with Gasteiger partial charge >= 0.3 is 0 Å². The maximum atomic E-state index is 12.3. The van der Waals surface area contributed by atoms with Gasteiger partial charge in [0.05, 0.1) is 5.41 Å². The second kappa shape index (κ2) is 6.09. The van der Waals surface area contributed by atoms with Crippen LogP contribution in [0.4, 0.5) is 0 Å². The van der Waals surface area contributed by atoms with Crippen molar-refractivity contribution in [1.82, 2.24) is 15.3 Å². The highest BCUT2D eigenvalue weighted by Crippen LogP contribution is 2.20. The zero-order valence-electron chi connectivity index (χ0n) is 11.6. The first-order valence-corrected chi connectivity index (χ1v) is 6.86. The van der Waals surface area contributed by atoms with E-state index < -0.39 is 5.41 Å². The topological polar surface area (TPSA) is 57.8 Å². The molecule has 0 bridgehead atoms. The third kappa shape index (κ3) is 3.84. The SMILES string of the molecule is CC(C)(Cc1ncc[nH]1)C(=O)NCc1ccc(Cl)cc1. The average molecular weight is 292 g/mol. The fraction of sp³-hybridized carbons (Fsp3) is 0.333. The first kappa shape index (κ1) is 14.6. The number of hydrogen-bond acceptors (Lipinski definition) is 2. The second-order valence-electron chi connectivity index (χ2n) is 5.41. The molecule has 0 aliphatic carbocycles. The van der Waals surface area contributed by atoms with Crippen LogP contribution in [-0.2, 0) is 17.8 Å². The van der Waals surface area contributed by atoms with Gasteiger partial charge in [-0.05, 0) is 17.7 Å². The molecule has 2 aromatic rings. The second-order valence-corrected chi connectivity index (χ2v) is 5.84. The van der Waals surface area contributed by atoms with Crippen LogP contribution in [0.3, 0.4) is 0 Å². The van der Waals surface area contributed by atoms with Crippen molar-refractivity contribution in [2.24, 2.45) is 5.41 Å². The van der Waals surface area contributed by atoms with Crippen LogP contribution in [0.15, 0.2) is 36.7 Å². The summed E-state index contributed by atoms with van der Waals surface area (Å²) in [5, 5.41) is 3.64. The molecule has 0 unspecified atom stereocenters. The molecule has 20 heavy (non-hydrogen) atoms. The van der Waals surface area contributed by atoms with Gasteiger partial charge in [0.1, 0.15) is 5.82 Å². The summed E-state index contributed by atoms with van der Waals surface area (Å²) in [6, 6.07) is 7.44. The Morgan fingerprint density at radius 2 is 2.05 bits per heavy atom. The minimum atomic E-state index is -0.510. The number of hydrogen-bond donors (Lipinski definition) is 2. The molecular formula is C15H18ClN3O. The number of imidazole rings is 1. The van der Waals surface area contributed by atoms with Crippen molar-refractivity contribution in [1.29, 1.82) is 0 Å². The van der Waals surface area contributed by atoms with Gasteiger partial charge in [0.25, 0.3) is 0 Å². The Bertz CT molecular complexity index is 561. The third-order valence-corrected chi connectivity index (χ3v) is 3.40. The molecule has 1 aromatic carbocycles. The highest BCUT2D eigenvalue weighted by Gasteiger charge is 2.28. The molecule has 5 heteroatoms. The van der Waals surface area contributed by atoms with Crippen LogP contribution in [-0.4, -0.2) is 15.9 Å². The van der Waals surface area contributed by atoms with Crippen molar-refractivity contribution in [3.8, 4) is 0 Å². The predicted molar refractivity (Wildman–Crippen MR) is 79.4 cm³/mol. The minimum Gasteiger partial charge on any atom is -0.352 e. The number of nitrogens with one attached hydrogen (secondary N) is 2. The van der Waals surface area contributed by atoms with Gasteiger partial charge in [0, 0.05) is 30.4 Å². The number of carbonyl (C=O) groups excluding carboxylic acids is 1. The van der Waals surface area contributed by atoms with E-state index >= 15 is 0 Å². The van der Waals surface area contributed by atoms with E-state index in [4.69, 9.17) is 11.6 Å². The molecule has 0 saturated carbocycles. The van der Waals surface area contributed by atoms with E-state index in [0.29, 0.717) is 18.0 Å². The number of H-pyrrole nitrogens is 1. The van der Waals surface area contributed by atoms with E-state index in [9.17, 15) is 4.79 Å². The number of nitrogens with zero attached hydrogens (tertiary/aromatic N) is 1. The van der Waals surface area contributed by atoms with E-state index in [1.54, 1.807) is 12.4 Å². The number of halogens is 1. The lowest BCUT2D eigenvalue weighted by Crippen LogP contribution is -2.38. The fourth-order valence-corrected chi connectivity index (χ4v) is 2.04. The molecule has 0 saturated heterocycles. The van der Waals surface area contributed by atoms with Crippen LogP contribution in [0.2, 0.25) is 5.02 Å². The summed E-state index contributed by atoms with van der Waals surface area (Å²) in [5.74, 6) is 0.820. The molecule has 2 rings (SSSR count). The molecule has 0 aliphatic rings. The van der Waals surface area contributed by atoms with Crippen LogP contribution in [0.1, 0.15) is 25.2 Å². The summed E-state index contributed by atoms with van der Waals surface area (Å²) < 4.78 is 0. The molecule has 1 aromatic heterocycles. The maximum Gasteiger partial charge on any atom is 0.226 e. The summed E-state index contributed by atoms with van der Waals surface area (Å²) >= 11 is 5.83. The molecule has 1 heterocycles. The summed E-state index contributed by atoms with van der Waals surface area (Å²) in [4.78, 5) is 19.4. The first-order valence-electron chi connectivity index (χ1n) is 6.48. The molecule has 1 amide bonds. The first-order chi connectivity index (χ1) is 9.47. The van der Waals surface area contributed by atoms with Gasteiger partial charge in [-0.1, -0.05) is 37.6 Å². The highest BCUT2D eigenvalue weighted by molar-refractivity contribution is 6.30. The zero-order valence-corrected chi connectivity index (χ0v) is 12.4. The smallest absolute Gasteiger partial charge is 0.226 e. The Labute approximate surface area is 123 Å². The fourth-order valence-electron chi connectivity index (χ4n) is 1.92. The predicted octanol–water partition coefficient (Wildman–Crippen LogP) is 2.95. The van der Waals surface area contributed by atoms with Crippen LogP contribution in [0.25, 0.3) is 0 Å². The Morgan fingerprint density at radius 3 is 2.65 bits per heavy atom. The maximum absolute atomic E-state index is 12.3. The Kier molecular flexibility index (Phi) is 4.45. The van der Waals surface area contributed by atoms with E-state index in [1.807, 2.05) is 38.1 Å². The molecule has 0 aliphatic heterocycles.